The Kier molecular flexibility index (Phi) is 6.61. The second-order valence-electron chi connectivity index (χ2n) is 8.25. The molecule has 1 heterocycles. The van der Waals surface area contributed by atoms with E-state index in [1.54, 1.807) is 12.1 Å². The van der Waals surface area contributed by atoms with Gasteiger partial charge in [-0.2, -0.15) is 0 Å². The third kappa shape index (κ3) is 4.77. The van der Waals surface area contributed by atoms with Gasteiger partial charge in [0.2, 0.25) is 0 Å². The first-order chi connectivity index (χ1) is 14.8. The van der Waals surface area contributed by atoms with E-state index in [-0.39, 0.29) is 11.9 Å². The quantitative estimate of drug-likeness (QED) is 0.439. The van der Waals surface area contributed by atoms with Crippen molar-refractivity contribution in [2.75, 3.05) is 0 Å². The highest BCUT2D eigenvalue weighted by Crippen LogP contribution is 2.37. The molecule has 0 spiro atoms. The molecule has 0 saturated heterocycles. The SMILES string of the molecule is CC1CCC(NC(=O)c2nc(-c3ccc(Cl)cc3Cl)c(-c3ccc(Cl)cc3)n2C)CC1. The van der Waals surface area contributed by atoms with E-state index >= 15 is 0 Å². The number of halogens is 3. The van der Waals surface area contributed by atoms with E-state index in [1.807, 2.05) is 41.9 Å². The third-order valence-corrected chi connectivity index (χ3v) is 6.75. The summed E-state index contributed by atoms with van der Waals surface area (Å²) >= 11 is 18.7. The Hall–Kier alpha value is -2.01. The minimum atomic E-state index is -0.173. The number of amides is 1. The molecule has 0 radical (unpaired) electrons. The van der Waals surface area contributed by atoms with Gasteiger partial charge in [0.05, 0.1) is 16.4 Å². The van der Waals surface area contributed by atoms with Gasteiger partial charge in [0.25, 0.3) is 5.91 Å². The molecule has 1 N–H and O–H groups in total. The van der Waals surface area contributed by atoms with Gasteiger partial charge in [-0.05, 0) is 61.9 Å². The van der Waals surface area contributed by atoms with E-state index in [0.717, 1.165) is 48.4 Å². The molecule has 3 aromatic rings. The van der Waals surface area contributed by atoms with E-state index < -0.39 is 0 Å². The van der Waals surface area contributed by atoms with Crippen LogP contribution in [0, 0.1) is 5.92 Å². The summed E-state index contributed by atoms with van der Waals surface area (Å²) in [6, 6.07) is 12.9. The Morgan fingerprint density at radius 3 is 2.29 bits per heavy atom. The summed E-state index contributed by atoms with van der Waals surface area (Å²) in [6.07, 6.45) is 4.26. The normalized spacial score (nSPS) is 18.7. The fourth-order valence-electron chi connectivity index (χ4n) is 4.16. The van der Waals surface area contributed by atoms with Crippen molar-refractivity contribution in [3.8, 4) is 22.5 Å². The van der Waals surface area contributed by atoms with E-state index in [1.165, 1.54) is 0 Å². The molecular formula is C24H24Cl3N3O. The highest BCUT2D eigenvalue weighted by Gasteiger charge is 2.26. The fourth-order valence-corrected chi connectivity index (χ4v) is 4.79. The summed E-state index contributed by atoms with van der Waals surface area (Å²) in [5.41, 5.74) is 3.04. The minimum absolute atomic E-state index is 0.173. The van der Waals surface area contributed by atoms with Crippen LogP contribution < -0.4 is 5.32 Å². The fraction of sp³-hybridized carbons (Fsp3) is 0.333. The van der Waals surface area contributed by atoms with Gasteiger partial charge in [0, 0.05) is 34.3 Å². The maximum absolute atomic E-state index is 13.2. The molecular weight excluding hydrogens is 453 g/mol. The zero-order valence-electron chi connectivity index (χ0n) is 17.5. The van der Waals surface area contributed by atoms with Crippen molar-refractivity contribution in [2.24, 2.45) is 13.0 Å². The van der Waals surface area contributed by atoms with Crippen molar-refractivity contribution in [2.45, 2.75) is 38.6 Å². The Balaban J connectivity index is 1.76. The molecule has 1 saturated carbocycles. The second kappa shape index (κ2) is 9.23. The first kappa shape index (κ1) is 22.2. The Labute approximate surface area is 197 Å². The van der Waals surface area contributed by atoms with Gasteiger partial charge in [0.1, 0.15) is 0 Å². The van der Waals surface area contributed by atoms with Crippen LogP contribution in [0.1, 0.15) is 43.2 Å². The van der Waals surface area contributed by atoms with Crippen LogP contribution in [0.15, 0.2) is 42.5 Å². The van der Waals surface area contributed by atoms with Crippen LogP contribution in [0.2, 0.25) is 15.1 Å². The first-order valence-corrected chi connectivity index (χ1v) is 11.6. The smallest absolute Gasteiger partial charge is 0.287 e. The van der Waals surface area contributed by atoms with Crippen molar-refractivity contribution in [3.63, 3.8) is 0 Å². The first-order valence-electron chi connectivity index (χ1n) is 10.4. The van der Waals surface area contributed by atoms with Gasteiger partial charge in [-0.3, -0.25) is 4.79 Å². The minimum Gasteiger partial charge on any atom is -0.347 e. The van der Waals surface area contributed by atoms with Crippen LogP contribution in [-0.4, -0.2) is 21.5 Å². The molecule has 1 fully saturated rings. The largest absolute Gasteiger partial charge is 0.347 e. The molecule has 1 aromatic heterocycles. The van der Waals surface area contributed by atoms with Crippen LogP contribution in [0.3, 0.4) is 0 Å². The van der Waals surface area contributed by atoms with Gasteiger partial charge in [-0.25, -0.2) is 4.98 Å². The average molecular weight is 477 g/mol. The van der Waals surface area contributed by atoms with Crippen LogP contribution in [0.5, 0.6) is 0 Å². The zero-order valence-corrected chi connectivity index (χ0v) is 19.7. The maximum Gasteiger partial charge on any atom is 0.287 e. The number of nitrogens with one attached hydrogen (secondary N) is 1. The molecule has 0 unspecified atom stereocenters. The Bertz CT molecular complexity index is 1100. The molecule has 2 aromatic carbocycles. The number of carbonyl (C=O) groups excluding carboxylic acids is 1. The van der Waals surface area contributed by atoms with Gasteiger partial charge < -0.3 is 9.88 Å². The lowest BCUT2D eigenvalue weighted by molar-refractivity contribution is 0.0909. The van der Waals surface area contributed by atoms with E-state index in [0.29, 0.717) is 26.6 Å². The van der Waals surface area contributed by atoms with E-state index in [4.69, 9.17) is 39.8 Å². The average Bonchev–Trinajstić information content (AvgIpc) is 3.07. The highest BCUT2D eigenvalue weighted by molar-refractivity contribution is 6.36. The summed E-state index contributed by atoms with van der Waals surface area (Å²) in [5.74, 6) is 0.898. The summed E-state index contributed by atoms with van der Waals surface area (Å²) in [5, 5.41) is 4.84. The number of aromatic nitrogens is 2. The van der Waals surface area contributed by atoms with Crippen molar-refractivity contribution in [1.29, 1.82) is 0 Å². The Morgan fingerprint density at radius 2 is 1.65 bits per heavy atom. The molecule has 0 bridgehead atoms. The number of nitrogens with zero attached hydrogens (tertiary/aromatic N) is 2. The molecule has 31 heavy (non-hydrogen) atoms. The van der Waals surface area contributed by atoms with Gasteiger partial charge in [-0.15, -0.1) is 0 Å². The summed E-state index contributed by atoms with van der Waals surface area (Å²) < 4.78 is 1.82. The highest BCUT2D eigenvalue weighted by atomic mass is 35.5. The molecule has 1 aliphatic rings. The number of benzene rings is 2. The lowest BCUT2D eigenvalue weighted by Gasteiger charge is -2.26. The lowest BCUT2D eigenvalue weighted by Crippen LogP contribution is -2.38. The number of hydrogen-bond donors (Lipinski definition) is 1. The van der Waals surface area contributed by atoms with Gasteiger partial charge >= 0.3 is 0 Å². The maximum atomic E-state index is 13.2. The second-order valence-corrected chi connectivity index (χ2v) is 9.53. The number of hydrogen-bond acceptors (Lipinski definition) is 2. The van der Waals surface area contributed by atoms with Crippen molar-refractivity contribution >= 4 is 40.7 Å². The van der Waals surface area contributed by atoms with Crippen LogP contribution in [0.25, 0.3) is 22.5 Å². The van der Waals surface area contributed by atoms with E-state index in [2.05, 4.69) is 12.2 Å². The predicted molar refractivity (Wildman–Crippen MR) is 128 cm³/mol. The van der Waals surface area contributed by atoms with Crippen molar-refractivity contribution < 1.29 is 4.79 Å². The zero-order chi connectivity index (χ0) is 22.1. The molecule has 4 nitrogen and oxygen atoms in total. The van der Waals surface area contributed by atoms with Gasteiger partial charge in [-0.1, -0.05) is 53.9 Å². The molecule has 1 amide bonds. The monoisotopic (exact) mass is 475 g/mol. The van der Waals surface area contributed by atoms with Crippen LogP contribution in [0.4, 0.5) is 0 Å². The Morgan fingerprint density at radius 1 is 1.00 bits per heavy atom. The number of carbonyl (C=O) groups is 1. The molecule has 7 heteroatoms. The lowest BCUT2D eigenvalue weighted by atomic mass is 9.87. The summed E-state index contributed by atoms with van der Waals surface area (Å²) in [4.78, 5) is 17.9. The standard InChI is InChI=1S/C24H24Cl3N3O/c1-14-3-10-18(11-4-14)28-24(31)23-29-21(19-12-9-17(26)13-20(19)27)22(30(23)2)15-5-7-16(25)8-6-15/h5-9,12-14,18H,3-4,10-11H2,1-2H3,(H,28,31). The third-order valence-electron chi connectivity index (χ3n) is 5.95. The van der Waals surface area contributed by atoms with Crippen molar-refractivity contribution in [1.82, 2.24) is 14.9 Å². The van der Waals surface area contributed by atoms with Crippen LogP contribution >= 0.6 is 34.8 Å². The topological polar surface area (TPSA) is 46.9 Å². The summed E-state index contributed by atoms with van der Waals surface area (Å²) in [6.45, 7) is 2.26. The van der Waals surface area contributed by atoms with E-state index in [9.17, 15) is 4.79 Å². The van der Waals surface area contributed by atoms with Crippen molar-refractivity contribution in [3.05, 3.63) is 63.4 Å². The van der Waals surface area contributed by atoms with Crippen LogP contribution in [-0.2, 0) is 7.05 Å². The molecule has 4 rings (SSSR count). The predicted octanol–water partition coefficient (Wildman–Crippen LogP) is 7.02. The summed E-state index contributed by atoms with van der Waals surface area (Å²) in [7, 11) is 1.85. The molecule has 1 aliphatic carbocycles. The molecule has 162 valence electrons. The van der Waals surface area contributed by atoms with Gasteiger partial charge in [0.15, 0.2) is 5.82 Å². The molecule has 0 atom stereocenters. The molecule has 0 aliphatic heterocycles. The number of imidazole rings is 1. The number of rotatable bonds is 4.